The molecular weight excluding hydrogens is 1000 g/mol. The second-order valence-corrected chi connectivity index (χ2v) is 27.9. The number of fused-ring (bicyclic) bond motifs is 2. The number of phenolic OH excluding ortho intramolecular Hbond substituents is 1. The van der Waals surface area contributed by atoms with Crippen LogP contribution >= 0.6 is 45.2 Å². The molecule has 1 saturated heterocycles. The molecule has 1 aliphatic heterocycles. The van der Waals surface area contributed by atoms with E-state index < -0.39 is 56.1 Å². The fourth-order valence-electron chi connectivity index (χ4n) is 13.4. The highest BCUT2D eigenvalue weighted by atomic mass is 127. The molecule has 0 spiro atoms. The number of aromatic hydroxyl groups is 1. The third-order valence-corrected chi connectivity index (χ3v) is 21.1. The molecule has 3 fully saturated rings. The number of cyclic esters (lactones) is 1. The lowest BCUT2D eigenvalue weighted by Gasteiger charge is -2.62. The van der Waals surface area contributed by atoms with Gasteiger partial charge in [-0.05, 0) is 163 Å². The van der Waals surface area contributed by atoms with Crippen molar-refractivity contribution in [3.63, 3.8) is 0 Å². The first-order chi connectivity index (χ1) is 28.0. The van der Waals surface area contributed by atoms with E-state index in [1.807, 2.05) is 6.92 Å². The maximum atomic E-state index is 15.7. The van der Waals surface area contributed by atoms with Gasteiger partial charge in [0.05, 0.1) is 21.0 Å². The first kappa shape index (κ1) is 53.5. The molecule has 0 amide bonds. The molecule has 7 nitrogen and oxygen atoms in total. The van der Waals surface area contributed by atoms with Gasteiger partial charge < -0.3 is 19.3 Å². The van der Waals surface area contributed by atoms with Crippen molar-refractivity contribution in [2.24, 2.45) is 61.6 Å². The molecule has 62 heavy (non-hydrogen) atoms. The van der Waals surface area contributed by atoms with Gasteiger partial charge >= 0.3 is 17.9 Å². The number of benzene rings is 1. The van der Waals surface area contributed by atoms with Gasteiger partial charge in [-0.15, -0.1) is 0 Å². The van der Waals surface area contributed by atoms with Crippen molar-refractivity contribution in [2.45, 2.75) is 210 Å². The Morgan fingerprint density at radius 2 is 1.50 bits per heavy atom. The highest BCUT2D eigenvalue weighted by Gasteiger charge is 2.66. The van der Waals surface area contributed by atoms with Crippen molar-refractivity contribution in [2.75, 3.05) is 6.61 Å². The van der Waals surface area contributed by atoms with Crippen LogP contribution < -0.4 is 0 Å². The minimum atomic E-state index is -1.15. The number of halogens is 2. The largest absolute Gasteiger partial charge is 0.507 e. The summed E-state index contributed by atoms with van der Waals surface area (Å²) in [7, 11) is 0. The molecule has 1 N–H and O–H groups in total. The van der Waals surface area contributed by atoms with Crippen LogP contribution in [0, 0.1) is 72.1 Å². The molecule has 0 aromatic heterocycles. The molecule has 10 unspecified atom stereocenters. The predicted molar refractivity (Wildman–Crippen MR) is 269 cm³/mol. The summed E-state index contributed by atoms with van der Waals surface area (Å²) in [5.74, 6) is 0.488. The Balaban J connectivity index is 1.92. The van der Waals surface area contributed by atoms with Gasteiger partial charge in [-0.3, -0.25) is 9.59 Å². The molecule has 1 heterocycles. The van der Waals surface area contributed by atoms with Crippen molar-refractivity contribution in [1.29, 1.82) is 0 Å². The zero-order valence-electron chi connectivity index (χ0n) is 42.3. The van der Waals surface area contributed by atoms with Gasteiger partial charge in [0.2, 0.25) is 6.10 Å². The zero-order valence-corrected chi connectivity index (χ0v) is 46.7. The summed E-state index contributed by atoms with van der Waals surface area (Å²) in [6.07, 6.45) is 6.29. The van der Waals surface area contributed by atoms with Gasteiger partial charge in [-0.2, -0.15) is 0 Å². The van der Waals surface area contributed by atoms with Crippen LogP contribution in [0.3, 0.4) is 0 Å². The van der Waals surface area contributed by atoms with Crippen LogP contribution in [0.1, 0.15) is 199 Å². The number of hydrogen-bond donors (Lipinski definition) is 1. The summed E-state index contributed by atoms with van der Waals surface area (Å²) >= 11 is 4.93. The second kappa shape index (κ2) is 18.2. The summed E-state index contributed by atoms with van der Waals surface area (Å²) < 4.78 is 19.9. The molecule has 354 valence electrons. The molecule has 2 saturated carbocycles. The Kier molecular flexibility index (Phi) is 15.7. The number of aryl methyl sites for hydroxylation is 1. The Hall–Kier alpha value is -1.11. The summed E-state index contributed by atoms with van der Waals surface area (Å²) in [6.45, 7) is 42.4. The number of esters is 3. The minimum Gasteiger partial charge on any atom is -0.507 e. The van der Waals surface area contributed by atoms with Crippen LogP contribution in [0.2, 0.25) is 0 Å². The topological polar surface area (TPSA) is 99.1 Å². The number of ether oxygens (including phenoxy) is 3. The number of carbonyl (C=O) groups is 3. The SMILES string of the molecule is CCC(C)(C)CC(C)(C(=O)OC1(C)C(C)CC2(I)CC(C)CC1C2)C(C)(C)C(C)(C)CC(C)(C(=O)OC1CCOC1=O)C(C)(CC)C(C)(C)C(c1cc(C)c(O)c(I)c1)C(C)C. The van der Waals surface area contributed by atoms with Crippen LogP contribution in [-0.4, -0.2) is 44.7 Å². The Labute approximate surface area is 405 Å². The van der Waals surface area contributed by atoms with Gasteiger partial charge in [-0.25, -0.2) is 4.79 Å². The normalized spacial score (nSPS) is 29.5. The smallest absolute Gasteiger partial charge is 0.347 e. The Bertz CT molecular complexity index is 1810. The van der Waals surface area contributed by atoms with Gasteiger partial charge in [0.25, 0.3) is 0 Å². The van der Waals surface area contributed by atoms with E-state index in [-0.39, 0.29) is 45.1 Å². The third-order valence-electron chi connectivity index (χ3n) is 18.9. The quantitative estimate of drug-likeness (QED) is 0.0718. The lowest BCUT2D eigenvalue weighted by atomic mass is 9.41. The van der Waals surface area contributed by atoms with Crippen molar-refractivity contribution >= 4 is 63.1 Å². The average Bonchev–Trinajstić information content (AvgIpc) is 3.54. The monoisotopic (exact) mass is 1090 g/mol. The van der Waals surface area contributed by atoms with Crippen LogP contribution in [0.4, 0.5) is 0 Å². The summed E-state index contributed by atoms with van der Waals surface area (Å²) in [5.41, 5.74) is -3.54. The number of rotatable bonds is 17. The molecule has 1 aromatic carbocycles. The lowest BCUT2D eigenvalue weighted by molar-refractivity contribution is -0.213. The van der Waals surface area contributed by atoms with Crippen LogP contribution in [0.25, 0.3) is 0 Å². The van der Waals surface area contributed by atoms with Crippen molar-refractivity contribution in [3.8, 4) is 5.75 Å². The maximum Gasteiger partial charge on any atom is 0.347 e. The molecule has 2 bridgehead atoms. The first-order valence-electron chi connectivity index (χ1n) is 23.8. The summed E-state index contributed by atoms with van der Waals surface area (Å²) in [6, 6.07) is 4.20. The van der Waals surface area contributed by atoms with Crippen LogP contribution in [-0.2, 0) is 28.6 Å². The number of carbonyl (C=O) groups excluding carboxylic acids is 3. The van der Waals surface area contributed by atoms with Crippen molar-refractivity contribution < 1.29 is 33.7 Å². The number of hydrogen-bond acceptors (Lipinski definition) is 7. The molecule has 3 aliphatic rings. The van der Waals surface area contributed by atoms with E-state index >= 15 is 9.59 Å². The number of alkyl halides is 1. The first-order valence-corrected chi connectivity index (χ1v) is 26.0. The van der Waals surface area contributed by atoms with Crippen LogP contribution in [0.15, 0.2) is 12.1 Å². The summed E-state index contributed by atoms with van der Waals surface area (Å²) in [5, 5.41) is 10.9. The molecule has 2 aliphatic carbocycles. The third kappa shape index (κ3) is 9.40. The summed E-state index contributed by atoms with van der Waals surface area (Å²) in [4.78, 5) is 44.2. The van der Waals surface area contributed by atoms with E-state index in [4.69, 9.17) is 14.2 Å². The van der Waals surface area contributed by atoms with E-state index in [9.17, 15) is 9.90 Å². The van der Waals surface area contributed by atoms with Gasteiger partial charge in [0, 0.05) is 15.8 Å². The van der Waals surface area contributed by atoms with Crippen molar-refractivity contribution in [1.82, 2.24) is 0 Å². The van der Waals surface area contributed by atoms with Gasteiger partial charge in [0.1, 0.15) is 11.4 Å². The molecular formula is C53H86I2O7. The molecule has 0 radical (unpaired) electrons. The zero-order chi connectivity index (χ0) is 47.6. The van der Waals surface area contributed by atoms with Crippen LogP contribution in [0.5, 0.6) is 5.75 Å². The second-order valence-electron chi connectivity index (χ2n) is 24.5. The van der Waals surface area contributed by atoms with E-state index in [2.05, 4.69) is 182 Å². The fraction of sp³-hybridized carbons (Fsp3) is 0.830. The van der Waals surface area contributed by atoms with Gasteiger partial charge in [0.15, 0.2) is 0 Å². The predicted octanol–water partition coefficient (Wildman–Crippen LogP) is 14.6. The van der Waals surface area contributed by atoms with E-state index in [1.54, 1.807) is 0 Å². The average molecular weight is 1090 g/mol. The molecule has 10 atom stereocenters. The number of phenols is 1. The Morgan fingerprint density at radius 1 is 0.903 bits per heavy atom. The molecule has 4 rings (SSSR count). The Morgan fingerprint density at radius 3 is 2.00 bits per heavy atom. The molecule has 1 aromatic rings. The van der Waals surface area contributed by atoms with E-state index in [0.29, 0.717) is 37.4 Å². The highest BCUT2D eigenvalue weighted by molar-refractivity contribution is 14.1. The van der Waals surface area contributed by atoms with E-state index in [0.717, 1.165) is 40.4 Å². The molecule has 9 heteroatoms. The van der Waals surface area contributed by atoms with E-state index in [1.165, 1.54) is 6.42 Å². The van der Waals surface area contributed by atoms with Crippen molar-refractivity contribution in [3.05, 3.63) is 26.8 Å². The lowest BCUT2D eigenvalue weighted by Crippen LogP contribution is -2.61. The highest BCUT2D eigenvalue weighted by Crippen LogP contribution is 2.68. The fourth-order valence-corrected chi connectivity index (χ4v) is 16.1. The standard InChI is InChI=1S/C53H86I2O7/c1-20-45(8,9)30-49(16,44(59)62-52(19)35(7)28-53(55)27-33(5)24-37(52)29-53)48(14,15)46(10,11)31-50(17,43(58)61-39-22-23-60-42(39)57)51(18,21-2)47(12,13)40(32(3)4)36-25-34(6)41(56)38(54)26-36/h25-26,32-33,35,37,39-40,56H,20-24,27-31H2,1-19H3. The maximum absolute atomic E-state index is 15.7. The van der Waals surface area contributed by atoms with Gasteiger partial charge in [-0.1, -0.05) is 139 Å². The minimum absolute atomic E-state index is 0.0208.